The van der Waals surface area contributed by atoms with Gasteiger partial charge in [0.15, 0.2) is 0 Å². The normalized spacial score (nSPS) is 22.1. The molecule has 4 heteroatoms. The molecule has 0 bridgehead atoms. The minimum absolute atomic E-state index is 0.00577. The Morgan fingerprint density at radius 3 is 2.05 bits per heavy atom. The Bertz CT molecular complexity index is 531. The summed E-state index contributed by atoms with van der Waals surface area (Å²) in [7, 11) is 0. The van der Waals surface area contributed by atoms with Gasteiger partial charge in [0.2, 0.25) is 0 Å². The maximum atomic E-state index is 12.1. The van der Waals surface area contributed by atoms with Crippen molar-refractivity contribution >= 4 is 11.9 Å². The summed E-state index contributed by atoms with van der Waals surface area (Å²) in [6.07, 6.45) is 3.55. The van der Waals surface area contributed by atoms with Crippen molar-refractivity contribution in [3.8, 4) is 0 Å². The standard InChI is InChI=1S/C18H24O4/c1-18(2,3)22-17(21)15-10-6-13(7-11-15)12-4-8-14(9-5-12)16(19)20/h4-5,8-9,13,15H,6-7,10-11H2,1-3H3,(H,19,20). The van der Waals surface area contributed by atoms with E-state index in [0.29, 0.717) is 11.5 Å². The molecule has 0 atom stereocenters. The van der Waals surface area contributed by atoms with Crippen molar-refractivity contribution in [2.24, 2.45) is 5.92 Å². The van der Waals surface area contributed by atoms with Gasteiger partial charge in [0, 0.05) is 0 Å². The maximum absolute atomic E-state index is 12.1. The average Bonchev–Trinajstić information content (AvgIpc) is 2.46. The summed E-state index contributed by atoms with van der Waals surface area (Å²) >= 11 is 0. The van der Waals surface area contributed by atoms with Gasteiger partial charge in [0.05, 0.1) is 11.5 Å². The first kappa shape index (κ1) is 16.5. The van der Waals surface area contributed by atoms with Gasteiger partial charge in [-0.2, -0.15) is 0 Å². The first-order chi connectivity index (χ1) is 10.3. The summed E-state index contributed by atoms with van der Waals surface area (Å²) in [4.78, 5) is 23.0. The highest BCUT2D eigenvalue weighted by Gasteiger charge is 2.30. The molecule has 1 N–H and O–H groups in total. The summed E-state index contributed by atoms with van der Waals surface area (Å²) in [5.41, 5.74) is 1.04. The second-order valence-electron chi connectivity index (χ2n) is 7.01. The molecule has 0 saturated heterocycles. The van der Waals surface area contributed by atoms with Gasteiger partial charge in [-0.05, 0) is 70.1 Å². The predicted molar refractivity (Wildman–Crippen MR) is 83.9 cm³/mol. The van der Waals surface area contributed by atoms with Crippen LogP contribution in [0.5, 0.6) is 0 Å². The summed E-state index contributed by atoms with van der Waals surface area (Å²) in [5.74, 6) is -0.595. The molecule has 1 aromatic rings. The Morgan fingerprint density at radius 1 is 1.05 bits per heavy atom. The molecule has 1 saturated carbocycles. The van der Waals surface area contributed by atoms with E-state index in [1.54, 1.807) is 12.1 Å². The molecule has 1 fully saturated rings. The number of hydrogen-bond donors (Lipinski definition) is 1. The third-order valence-corrected chi connectivity index (χ3v) is 4.10. The highest BCUT2D eigenvalue weighted by molar-refractivity contribution is 5.87. The van der Waals surface area contributed by atoms with Crippen LogP contribution in [0.2, 0.25) is 0 Å². The van der Waals surface area contributed by atoms with Gasteiger partial charge in [0.25, 0.3) is 0 Å². The number of ether oxygens (including phenoxy) is 1. The van der Waals surface area contributed by atoms with Gasteiger partial charge < -0.3 is 9.84 Å². The van der Waals surface area contributed by atoms with E-state index in [2.05, 4.69) is 0 Å². The second-order valence-corrected chi connectivity index (χ2v) is 7.01. The predicted octanol–water partition coefficient (Wildman–Crippen LogP) is 4.00. The monoisotopic (exact) mass is 304 g/mol. The van der Waals surface area contributed by atoms with Crippen molar-refractivity contribution in [1.82, 2.24) is 0 Å². The molecule has 2 rings (SSSR count). The summed E-state index contributed by atoms with van der Waals surface area (Å²) in [6, 6.07) is 7.08. The van der Waals surface area contributed by atoms with Crippen molar-refractivity contribution in [3.05, 3.63) is 35.4 Å². The van der Waals surface area contributed by atoms with Crippen LogP contribution in [0.4, 0.5) is 0 Å². The largest absolute Gasteiger partial charge is 0.478 e. The van der Waals surface area contributed by atoms with E-state index in [9.17, 15) is 9.59 Å². The van der Waals surface area contributed by atoms with E-state index in [1.807, 2.05) is 32.9 Å². The summed E-state index contributed by atoms with van der Waals surface area (Å²) < 4.78 is 5.46. The fraction of sp³-hybridized carbons (Fsp3) is 0.556. The first-order valence-corrected chi connectivity index (χ1v) is 7.82. The molecule has 0 heterocycles. The highest BCUT2D eigenvalue weighted by Crippen LogP contribution is 2.36. The number of rotatable bonds is 3. The molecule has 0 amide bonds. The van der Waals surface area contributed by atoms with E-state index in [-0.39, 0.29) is 11.9 Å². The quantitative estimate of drug-likeness (QED) is 0.857. The second kappa shape index (κ2) is 6.51. The van der Waals surface area contributed by atoms with Gasteiger partial charge in [-0.15, -0.1) is 0 Å². The Morgan fingerprint density at radius 2 is 1.59 bits per heavy atom. The van der Waals surface area contributed by atoms with Crippen LogP contribution in [-0.2, 0) is 9.53 Å². The van der Waals surface area contributed by atoms with E-state index in [4.69, 9.17) is 9.84 Å². The number of carbonyl (C=O) groups excluding carboxylic acids is 1. The van der Waals surface area contributed by atoms with Crippen LogP contribution >= 0.6 is 0 Å². The van der Waals surface area contributed by atoms with Crippen LogP contribution in [-0.4, -0.2) is 22.6 Å². The third kappa shape index (κ3) is 4.33. The van der Waals surface area contributed by atoms with Gasteiger partial charge in [-0.1, -0.05) is 12.1 Å². The summed E-state index contributed by atoms with van der Waals surface area (Å²) in [6.45, 7) is 5.67. The van der Waals surface area contributed by atoms with Gasteiger partial charge >= 0.3 is 11.9 Å². The zero-order valence-corrected chi connectivity index (χ0v) is 13.5. The Hall–Kier alpha value is -1.84. The number of carbonyl (C=O) groups is 2. The zero-order chi connectivity index (χ0) is 16.3. The Kier molecular flexibility index (Phi) is 4.89. The Balaban J connectivity index is 1.91. The number of carboxylic acids is 1. The molecule has 22 heavy (non-hydrogen) atoms. The van der Waals surface area contributed by atoms with E-state index < -0.39 is 11.6 Å². The van der Waals surface area contributed by atoms with Crippen molar-refractivity contribution < 1.29 is 19.4 Å². The van der Waals surface area contributed by atoms with Crippen molar-refractivity contribution in [2.75, 3.05) is 0 Å². The van der Waals surface area contributed by atoms with E-state index in [1.165, 1.54) is 0 Å². The van der Waals surface area contributed by atoms with Crippen molar-refractivity contribution in [3.63, 3.8) is 0 Å². The van der Waals surface area contributed by atoms with Gasteiger partial charge in [0.1, 0.15) is 5.60 Å². The molecule has 0 unspecified atom stereocenters. The SMILES string of the molecule is CC(C)(C)OC(=O)C1CCC(c2ccc(C(=O)O)cc2)CC1. The first-order valence-electron chi connectivity index (χ1n) is 7.82. The number of aromatic carboxylic acids is 1. The molecule has 0 aromatic heterocycles. The molecule has 1 aliphatic rings. The fourth-order valence-electron chi connectivity index (χ4n) is 2.95. The van der Waals surface area contributed by atoms with Crippen LogP contribution in [0.15, 0.2) is 24.3 Å². The number of carboxylic acid groups (broad SMARTS) is 1. The van der Waals surface area contributed by atoms with Crippen LogP contribution in [0.1, 0.15) is 68.3 Å². The number of esters is 1. The molecular formula is C18H24O4. The van der Waals surface area contributed by atoms with Crippen molar-refractivity contribution in [1.29, 1.82) is 0 Å². The minimum atomic E-state index is -0.903. The number of hydrogen-bond acceptors (Lipinski definition) is 3. The van der Waals surface area contributed by atoms with Crippen LogP contribution < -0.4 is 0 Å². The maximum Gasteiger partial charge on any atom is 0.335 e. The van der Waals surface area contributed by atoms with E-state index >= 15 is 0 Å². The molecule has 1 aromatic carbocycles. The average molecular weight is 304 g/mol. The topological polar surface area (TPSA) is 63.6 Å². The lowest BCUT2D eigenvalue weighted by Gasteiger charge is -2.30. The molecule has 0 aliphatic heterocycles. The van der Waals surface area contributed by atoms with Crippen LogP contribution in [0, 0.1) is 5.92 Å². The lowest BCUT2D eigenvalue weighted by Crippen LogP contribution is -2.30. The molecule has 0 spiro atoms. The minimum Gasteiger partial charge on any atom is -0.478 e. The molecule has 0 radical (unpaired) electrons. The third-order valence-electron chi connectivity index (χ3n) is 4.10. The van der Waals surface area contributed by atoms with E-state index in [0.717, 1.165) is 31.2 Å². The van der Waals surface area contributed by atoms with Crippen LogP contribution in [0.3, 0.4) is 0 Å². The number of benzene rings is 1. The van der Waals surface area contributed by atoms with Crippen molar-refractivity contribution in [2.45, 2.75) is 58.0 Å². The lowest BCUT2D eigenvalue weighted by molar-refractivity contribution is -0.161. The molecule has 120 valence electrons. The van der Waals surface area contributed by atoms with Crippen LogP contribution in [0.25, 0.3) is 0 Å². The van der Waals surface area contributed by atoms with Gasteiger partial charge in [-0.25, -0.2) is 4.79 Å². The molecular weight excluding hydrogens is 280 g/mol. The smallest absolute Gasteiger partial charge is 0.335 e. The molecule has 4 nitrogen and oxygen atoms in total. The lowest BCUT2D eigenvalue weighted by atomic mass is 9.78. The summed E-state index contributed by atoms with van der Waals surface area (Å²) in [5, 5.41) is 8.92. The fourth-order valence-corrected chi connectivity index (χ4v) is 2.95. The van der Waals surface area contributed by atoms with Gasteiger partial charge in [-0.3, -0.25) is 4.79 Å². The zero-order valence-electron chi connectivity index (χ0n) is 13.5. The Labute approximate surface area is 131 Å². The highest BCUT2D eigenvalue weighted by atomic mass is 16.6. The molecule has 1 aliphatic carbocycles.